The van der Waals surface area contributed by atoms with Gasteiger partial charge in [0.1, 0.15) is 5.82 Å². The molecule has 1 rings (SSSR count). The van der Waals surface area contributed by atoms with Crippen molar-refractivity contribution in [3.63, 3.8) is 0 Å². The highest BCUT2D eigenvalue weighted by Gasteiger charge is 2.06. The van der Waals surface area contributed by atoms with E-state index in [1.165, 1.54) is 6.07 Å². The fourth-order valence-corrected chi connectivity index (χ4v) is 1.68. The Kier molecular flexibility index (Phi) is 5.22. The summed E-state index contributed by atoms with van der Waals surface area (Å²) in [6.45, 7) is 3.30. The van der Waals surface area contributed by atoms with Gasteiger partial charge in [-0.3, -0.25) is 0 Å². The number of methoxy groups -OCH3 is 1. The summed E-state index contributed by atoms with van der Waals surface area (Å²) in [5.41, 5.74) is 0.915. The number of nitrogens with one attached hydrogen (secondary N) is 1. The van der Waals surface area contributed by atoms with Gasteiger partial charge in [0.15, 0.2) is 0 Å². The normalized spacial score (nSPS) is 12.8. The van der Waals surface area contributed by atoms with Crippen LogP contribution in [0.25, 0.3) is 0 Å². The molecule has 0 bridgehead atoms. The zero-order valence-electron chi connectivity index (χ0n) is 8.89. The van der Waals surface area contributed by atoms with Crippen LogP contribution in [0.15, 0.2) is 22.7 Å². The first-order valence-electron chi connectivity index (χ1n) is 4.80. The van der Waals surface area contributed by atoms with Gasteiger partial charge in [-0.1, -0.05) is 12.1 Å². The lowest BCUT2D eigenvalue weighted by atomic mass is 10.2. The van der Waals surface area contributed by atoms with Crippen molar-refractivity contribution >= 4 is 15.9 Å². The van der Waals surface area contributed by atoms with Gasteiger partial charge in [-0.05, 0) is 34.5 Å². The molecule has 1 atom stereocenters. The number of benzene rings is 1. The van der Waals surface area contributed by atoms with Crippen molar-refractivity contribution in [2.75, 3.05) is 13.7 Å². The molecule has 1 aromatic rings. The van der Waals surface area contributed by atoms with E-state index in [4.69, 9.17) is 4.74 Å². The van der Waals surface area contributed by atoms with Crippen LogP contribution in [-0.2, 0) is 11.3 Å². The molecular formula is C11H15BrFNO. The van der Waals surface area contributed by atoms with Crippen molar-refractivity contribution in [3.8, 4) is 0 Å². The van der Waals surface area contributed by atoms with Crippen molar-refractivity contribution < 1.29 is 9.13 Å². The Labute approximate surface area is 98.0 Å². The van der Waals surface area contributed by atoms with Crippen LogP contribution in [0, 0.1) is 5.82 Å². The standard InChI is InChI=1S/C11H15BrFNO/c1-8(7-15-2)14-6-9-4-3-5-10(13)11(9)12/h3-5,8,14H,6-7H2,1-2H3. The van der Waals surface area contributed by atoms with Crippen molar-refractivity contribution in [1.82, 2.24) is 5.32 Å². The molecule has 0 heterocycles. The fourth-order valence-electron chi connectivity index (χ4n) is 1.28. The monoisotopic (exact) mass is 275 g/mol. The van der Waals surface area contributed by atoms with Crippen LogP contribution >= 0.6 is 15.9 Å². The van der Waals surface area contributed by atoms with Crippen molar-refractivity contribution in [2.24, 2.45) is 0 Å². The zero-order chi connectivity index (χ0) is 11.3. The van der Waals surface area contributed by atoms with Gasteiger partial charge < -0.3 is 10.1 Å². The molecule has 15 heavy (non-hydrogen) atoms. The lowest BCUT2D eigenvalue weighted by Crippen LogP contribution is -2.29. The van der Waals surface area contributed by atoms with Gasteiger partial charge in [-0.2, -0.15) is 0 Å². The van der Waals surface area contributed by atoms with Gasteiger partial charge in [0.25, 0.3) is 0 Å². The van der Waals surface area contributed by atoms with Gasteiger partial charge in [0.2, 0.25) is 0 Å². The molecule has 2 nitrogen and oxygen atoms in total. The van der Waals surface area contributed by atoms with E-state index in [9.17, 15) is 4.39 Å². The molecule has 0 radical (unpaired) electrons. The van der Waals surface area contributed by atoms with E-state index in [-0.39, 0.29) is 11.9 Å². The van der Waals surface area contributed by atoms with Crippen molar-refractivity contribution in [1.29, 1.82) is 0 Å². The van der Waals surface area contributed by atoms with Gasteiger partial charge in [-0.15, -0.1) is 0 Å². The minimum absolute atomic E-state index is 0.228. The van der Waals surface area contributed by atoms with E-state index in [0.717, 1.165) is 5.56 Å². The third kappa shape index (κ3) is 3.89. The van der Waals surface area contributed by atoms with E-state index in [1.54, 1.807) is 13.2 Å². The Morgan fingerprint density at radius 1 is 1.53 bits per heavy atom. The van der Waals surface area contributed by atoms with E-state index in [2.05, 4.69) is 21.2 Å². The summed E-state index contributed by atoms with van der Waals surface area (Å²) in [5, 5.41) is 3.25. The lowest BCUT2D eigenvalue weighted by Gasteiger charge is -2.13. The number of ether oxygens (including phenoxy) is 1. The van der Waals surface area contributed by atoms with Crippen molar-refractivity contribution in [2.45, 2.75) is 19.5 Å². The Morgan fingerprint density at radius 3 is 2.93 bits per heavy atom. The molecule has 1 aromatic carbocycles. The van der Waals surface area contributed by atoms with Crippen LogP contribution in [0.1, 0.15) is 12.5 Å². The minimum Gasteiger partial charge on any atom is -0.383 e. The Hall–Kier alpha value is -0.450. The molecule has 0 aliphatic carbocycles. The summed E-state index contributed by atoms with van der Waals surface area (Å²) in [6, 6.07) is 5.29. The van der Waals surface area contributed by atoms with Crippen LogP contribution in [0.4, 0.5) is 4.39 Å². The van der Waals surface area contributed by atoms with E-state index < -0.39 is 0 Å². The molecule has 1 N–H and O–H groups in total. The van der Waals surface area contributed by atoms with Gasteiger partial charge in [-0.25, -0.2) is 4.39 Å². The molecule has 84 valence electrons. The van der Waals surface area contributed by atoms with Gasteiger partial charge >= 0.3 is 0 Å². The van der Waals surface area contributed by atoms with Gasteiger partial charge in [0, 0.05) is 19.7 Å². The number of hydrogen-bond acceptors (Lipinski definition) is 2. The maximum atomic E-state index is 13.2. The molecular weight excluding hydrogens is 261 g/mol. The molecule has 0 saturated heterocycles. The second-order valence-electron chi connectivity index (χ2n) is 3.45. The molecule has 0 aliphatic rings. The Balaban J connectivity index is 2.54. The third-order valence-corrected chi connectivity index (χ3v) is 2.98. The quantitative estimate of drug-likeness (QED) is 0.892. The summed E-state index contributed by atoms with van der Waals surface area (Å²) < 4.78 is 18.7. The first-order chi connectivity index (χ1) is 7.15. The topological polar surface area (TPSA) is 21.3 Å². The van der Waals surface area contributed by atoms with Crippen LogP contribution in [0.2, 0.25) is 0 Å². The first kappa shape index (κ1) is 12.6. The zero-order valence-corrected chi connectivity index (χ0v) is 10.5. The third-order valence-electron chi connectivity index (χ3n) is 2.09. The van der Waals surface area contributed by atoms with E-state index in [1.807, 2.05) is 13.0 Å². The predicted octanol–water partition coefficient (Wildman–Crippen LogP) is 2.71. The van der Waals surface area contributed by atoms with Crippen LogP contribution in [-0.4, -0.2) is 19.8 Å². The summed E-state index contributed by atoms with van der Waals surface area (Å²) in [6.07, 6.45) is 0. The van der Waals surface area contributed by atoms with Crippen LogP contribution in [0.5, 0.6) is 0 Å². The summed E-state index contributed by atoms with van der Waals surface area (Å²) in [5.74, 6) is -0.228. The average molecular weight is 276 g/mol. The smallest absolute Gasteiger partial charge is 0.137 e. The molecule has 4 heteroatoms. The number of hydrogen-bond donors (Lipinski definition) is 1. The lowest BCUT2D eigenvalue weighted by molar-refractivity contribution is 0.171. The second kappa shape index (κ2) is 6.20. The maximum Gasteiger partial charge on any atom is 0.137 e. The molecule has 0 fully saturated rings. The highest BCUT2D eigenvalue weighted by Crippen LogP contribution is 2.20. The maximum absolute atomic E-state index is 13.2. The minimum atomic E-state index is -0.228. The SMILES string of the molecule is COCC(C)NCc1cccc(F)c1Br. The van der Waals surface area contributed by atoms with Crippen molar-refractivity contribution in [3.05, 3.63) is 34.1 Å². The Bertz CT molecular complexity index is 319. The highest BCUT2D eigenvalue weighted by molar-refractivity contribution is 9.10. The summed E-state index contributed by atoms with van der Waals surface area (Å²) >= 11 is 3.22. The summed E-state index contributed by atoms with van der Waals surface area (Å²) in [7, 11) is 1.66. The second-order valence-corrected chi connectivity index (χ2v) is 4.24. The van der Waals surface area contributed by atoms with E-state index >= 15 is 0 Å². The fraction of sp³-hybridized carbons (Fsp3) is 0.455. The molecule has 0 saturated carbocycles. The van der Waals surface area contributed by atoms with E-state index in [0.29, 0.717) is 17.6 Å². The molecule has 0 amide bonds. The predicted molar refractivity (Wildman–Crippen MR) is 62.3 cm³/mol. The van der Waals surface area contributed by atoms with Gasteiger partial charge in [0.05, 0.1) is 11.1 Å². The average Bonchev–Trinajstić information content (AvgIpc) is 2.21. The van der Waals surface area contributed by atoms with Crippen LogP contribution in [0.3, 0.4) is 0 Å². The first-order valence-corrected chi connectivity index (χ1v) is 5.59. The molecule has 0 spiro atoms. The molecule has 1 unspecified atom stereocenters. The Morgan fingerprint density at radius 2 is 2.27 bits per heavy atom. The summed E-state index contributed by atoms with van der Waals surface area (Å²) in [4.78, 5) is 0. The highest BCUT2D eigenvalue weighted by atomic mass is 79.9. The molecule has 0 aromatic heterocycles. The largest absolute Gasteiger partial charge is 0.383 e. The number of rotatable bonds is 5. The molecule has 0 aliphatic heterocycles. The van der Waals surface area contributed by atoms with Crippen LogP contribution < -0.4 is 5.32 Å². The number of halogens is 2.